The Hall–Kier alpha value is -2.75. The Kier molecular flexibility index (Phi) is 9.31. The van der Waals surface area contributed by atoms with E-state index in [2.05, 4.69) is 4.98 Å². The number of hydrogen-bond acceptors (Lipinski definition) is 12. The Bertz CT molecular complexity index is 1480. The highest BCUT2D eigenvalue weighted by molar-refractivity contribution is 8.13. The van der Waals surface area contributed by atoms with Gasteiger partial charge in [0, 0.05) is 11.8 Å². The Balaban J connectivity index is 1.73. The number of aliphatic hydroxyl groups excluding tert-OH is 1. The van der Waals surface area contributed by atoms with Gasteiger partial charge >= 0.3 is 5.82 Å². The van der Waals surface area contributed by atoms with E-state index in [1.165, 1.54) is 43.4 Å². The lowest BCUT2D eigenvalue weighted by atomic mass is 9.81. The van der Waals surface area contributed by atoms with E-state index in [9.17, 15) is 33.9 Å². The molecule has 1 fully saturated rings. The topological polar surface area (TPSA) is 174 Å². The number of aliphatic hydroxyl groups is 2. The lowest BCUT2D eigenvalue weighted by molar-refractivity contribution is -0.132. The molecule has 11 nitrogen and oxygen atoms in total. The maximum Gasteiger partial charge on any atom is 0.519 e. The first-order chi connectivity index (χ1) is 19.3. The Morgan fingerprint density at radius 3 is 2.68 bits per heavy atom. The average molecular weight is 623 g/mol. The normalized spacial score (nSPS) is 29.9. The zero-order valence-electron chi connectivity index (χ0n) is 22.8. The molecule has 1 amide bonds. The van der Waals surface area contributed by atoms with Crippen molar-refractivity contribution < 1.29 is 38.0 Å². The molecule has 4 heterocycles. The van der Waals surface area contributed by atoms with Gasteiger partial charge in [-0.2, -0.15) is 4.31 Å². The zero-order valence-corrected chi connectivity index (χ0v) is 25.3. The SMILES string of the molecule is C/C1=C\[C@@H](O)C(=O)/C=C/C=C/c2csc(n2)[C@@H](C)N2C(=O)C[C@@]([C@@](C)(O)C(=O)SCc3oc(=O)oc3C)(CC1)[S+]2[O-]. The highest BCUT2D eigenvalue weighted by atomic mass is 32.2. The molecule has 2 aliphatic heterocycles. The molecule has 5 atom stereocenters. The monoisotopic (exact) mass is 622 g/mol. The van der Waals surface area contributed by atoms with Gasteiger partial charge in [0.05, 0.1) is 29.2 Å². The number of amides is 1. The van der Waals surface area contributed by atoms with Gasteiger partial charge in [0.2, 0.25) is 5.12 Å². The van der Waals surface area contributed by atoms with Crippen molar-refractivity contribution in [2.75, 3.05) is 0 Å². The summed E-state index contributed by atoms with van der Waals surface area (Å²) in [6, 6.07) is -0.718. The molecule has 0 aliphatic carbocycles. The molecular formula is C27H30N2O9S3. The van der Waals surface area contributed by atoms with Gasteiger partial charge in [0.25, 0.3) is 5.91 Å². The Morgan fingerprint density at radius 1 is 1.29 bits per heavy atom. The molecule has 2 N–H and O–H groups in total. The highest BCUT2D eigenvalue weighted by Crippen LogP contribution is 2.50. The third-order valence-corrected chi connectivity index (χ3v) is 11.6. The molecule has 41 heavy (non-hydrogen) atoms. The van der Waals surface area contributed by atoms with Crippen LogP contribution in [0.4, 0.5) is 0 Å². The van der Waals surface area contributed by atoms with Gasteiger partial charge in [-0.1, -0.05) is 29.5 Å². The fourth-order valence-corrected chi connectivity index (χ4v) is 8.59. The van der Waals surface area contributed by atoms with E-state index in [0.29, 0.717) is 28.0 Å². The maximum atomic E-state index is 14.3. The minimum Gasteiger partial charge on any atom is -0.592 e. The highest BCUT2D eigenvalue weighted by Gasteiger charge is 2.69. The van der Waals surface area contributed by atoms with E-state index in [4.69, 9.17) is 8.83 Å². The van der Waals surface area contributed by atoms with Crippen molar-refractivity contribution in [2.45, 2.75) is 75.2 Å². The van der Waals surface area contributed by atoms with Gasteiger partial charge in [0.1, 0.15) is 22.9 Å². The number of ketones is 1. The quantitative estimate of drug-likeness (QED) is 0.379. The molecule has 220 valence electrons. The maximum absolute atomic E-state index is 14.3. The van der Waals surface area contributed by atoms with Crippen LogP contribution >= 0.6 is 23.1 Å². The van der Waals surface area contributed by atoms with Crippen molar-refractivity contribution in [1.82, 2.24) is 9.29 Å². The first-order valence-electron chi connectivity index (χ1n) is 12.7. The molecule has 4 bridgehead atoms. The van der Waals surface area contributed by atoms with Crippen LogP contribution in [-0.4, -0.2) is 57.3 Å². The number of carbonyl (C=O) groups is 3. The van der Waals surface area contributed by atoms with Crippen molar-refractivity contribution in [3.8, 4) is 0 Å². The van der Waals surface area contributed by atoms with E-state index in [-0.39, 0.29) is 30.1 Å². The van der Waals surface area contributed by atoms with Crippen molar-refractivity contribution in [1.29, 1.82) is 0 Å². The van der Waals surface area contributed by atoms with Gasteiger partial charge in [-0.05, 0) is 52.3 Å². The van der Waals surface area contributed by atoms with Crippen LogP contribution in [0.3, 0.4) is 0 Å². The first kappa shape index (κ1) is 31.2. The molecule has 4 rings (SSSR count). The molecule has 1 saturated heterocycles. The minimum absolute atomic E-state index is 0.0720. The molecule has 0 radical (unpaired) electrons. The molecule has 0 aromatic carbocycles. The molecule has 2 aromatic rings. The van der Waals surface area contributed by atoms with E-state index in [0.717, 1.165) is 4.31 Å². The smallest absolute Gasteiger partial charge is 0.519 e. The summed E-state index contributed by atoms with van der Waals surface area (Å²) in [5.74, 6) is -1.80. The van der Waals surface area contributed by atoms with Crippen LogP contribution in [-0.2, 0) is 31.5 Å². The zero-order chi connectivity index (χ0) is 30.1. The number of aromatic nitrogens is 1. The van der Waals surface area contributed by atoms with Gasteiger partial charge in [-0.25, -0.2) is 9.78 Å². The van der Waals surface area contributed by atoms with Crippen LogP contribution < -0.4 is 5.82 Å². The number of thioether (sulfide) groups is 1. The lowest BCUT2D eigenvalue weighted by Gasteiger charge is -2.40. The number of thiazole rings is 1. The molecule has 14 heteroatoms. The molecule has 0 spiro atoms. The number of aryl methyl sites for hydroxylation is 1. The molecule has 2 aromatic heterocycles. The van der Waals surface area contributed by atoms with Crippen LogP contribution in [0.2, 0.25) is 0 Å². The van der Waals surface area contributed by atoms with Crippen molar-refractivity contribution in [3.63, 3.8) is 0 Å². The average Bonchev–Trinajstić information content (AvgIpc) is 3.58. The third-order valence-electron chi connectivity index (χ3n) is 7.19. The number of rotatable bonds is 4. The second kappa shape index (κ2) is 12.2. The Morgan fingerprint density at radius 2 is 2.00 bits per heavy atom. The van der Waals surface area contributed by atoms with Crippen molar-refractivity contribution in [2.24, 2.45) is 0 Å². The largest absolute Gasteiger partial charge is 0.592 e. The second-order valence-electron chi connectivity index (χ2n) is 10.1. The van der Waals surface area contributed by atoms with E-state index < -0.39 is 62.9 Å². The number of carbonyl (C=O) groups excluding carboxylic acids is 3. The summed E-state index contributed by atoms with van der Waals surface area (Å²) in [4.78, 5) is 55.3. The van der Waals surface area contributed by atoms with Crippen LogP contribution in [0.25, 0.3) is 6.08 Å². The van der Waals surface area contributed by atoms with Crippen LogP contribution in [0, 0.1) is 6.92 Å². The second-order valence-corrected chi connectivity index (χ2v) is 13.6. The number of hydrogen-bond donors (Lipinski definition) is 2. The molecular weight excluding hydrogens is 593 g/mol. The summed E-state index contributed by atoms with van der Waals surface area (Å²) in [5, 5.41) is 23.7. The lowest BCUT2D eigenvalue weighted by Crippen LogP contribution is -2.60. The fourth-order valence-electron chi connectivity index (χ4n) is 4.66. The van der Waals surface area contributed by atoms with Crippen molar-refractivity contribution in [3.05, 3.63) is 68.1 Å². The summed E-state index contributed by atoms with van der Waals surface area (Å²) >= 11 is -0.279. The van der Waals surface area contributed by atoms with Crippen LogP contribution in [0.5, 0.6) is 0 Å². The predicted octanol–water partition coefficient (Wildman–Crippen LogP) is 3.14. The standard InChI is InChI=1S/C27H30N2O9S3/c1-15-9-10-27(26(4,35)24(33)40-14-21-17(3)37-25(34)38-21)12-22(32)29(41(27)36)16(2)23-28-18(13-39-23)7-5-6-8-19(30)20(31)11-15/h5-8,11,13,16,20,31,35H,9-10,12,14H2,1-4H3/b7-5+,8-6+,15-11+/t16-,20-,26+,27-,41?/m1/s1. The summed E-state index contributed by atoms with van der Waals surface area (Å²) in [6.07, 6.45) is 5.57. The van der Waals surface area contributed by atoms with Gasteiger partial charge in [-0.3, -0.25) is 14.4 Å². The number of fused-ring (bicyclic) bond motifs is 4. The number of allylic oxidation sites excluding steroid dienone is 3. The molecule has 0 saturated carbocycles. The minimum atomic E-state index is -2.28. The third kappa shape index (κ3) is 6.22. The summed E-state index contributed by atoms with van der Waals surface area (Å²) in [7, 11) is 0. The molecule has 2 aliphatic rings. The van der Waals surface area contributed by atoms with Gasteiger partial charge in [0.15, 0.2) is 21.9 Å². The Labute approximate surface area is 247 Å². The van der Waals surface area contributed by atoms with E-state index in [1.54, 1.807) is 31.4 Å². The van der Waals surface area contributed by atoms with E-state index >= 15 is 0 Å². The van der Waals surface area contributed by atoms with Gasteiger partial charge < -0.3 is 23.6 Å². The summed E-state index contributed by atoms with van der Waals surface area (Å²) in [6.45, 7) is 6.08. The van der Waals surface area contributed by atoms with Gasteiger partial charge in [-0.15, -0.1) is 11.3 Å². The van der Waals surface area contributed by atoms with E-state index in [1.807, 2.05) is 0 Å². The van der Waals surface area contributed by atoms with Crippen molar-refractivity contribution >= 4 is 57.3 Å². The molecule has 1 unspecified atom stereocenters. The summed E-state index contributed by atoms with van der Waals surface area (Å²) in [5.41, 5.74) is -1.18. The summed E-state index contributed by atoms with van der Waals surface area (Å²) < 4.78 is 23.5. The van der Waals surface area contributed by atoms with Crippen LogP contribution in [0.1, 0.15) is 68.3 Å². The predicted molar refractivity (Wildman–Crippen MR) is 154 cm³/mol. The number of nitrogens with zero attached hydrogens (tertiary/aromatic N) is 2. The fraction of sp³-hybridized carbons (Fsp3) is 0.444. The van der Waals surface area contributed by atoms with Crippen LogP contribution in [0.15, 0.2) is 48.9 Å². The first-order valence-corrected chi connectivity index (χ1v) is 15.7.